The molecule has 0 aliphatic rings. The summed E-state index contributed by atoms with van der Waals surface area (Å²) in [5, 5.41) is 2.28. The Balaban J connectivity index is 2.37. The SMILES string of the molecule is NC(=O)C(CCOc1ccc(F)cc1)NC=O. The standard InChI is InChI=1S/C11H13FN2O3/c12-8-1-3-9(4-2-8)17-6-5-10(11(13)16)14-7-15/h1-4,7,10H,5-6H2,(H2,13,16)(H,14,15). The van der Waals surface area contributed by atoms with Gasteiger partial charge in [0.05, 0.1) is 6.61 Å². The van der Waals surface area contributed by atoms with Crippen LogP contribution in [0.5, 0.6) is 5.75 Å². The fourth-order valence-corrected chi connectivity index (χ4v) is 1.22. The second-order valence-corrected chi connectivity index (χ2v) is 3.33. The lowest BCUT2D eigenvalue weighted by molar-refractivity contribution is -0.123. The van der Waals surface area contributed by atoms with Gasteiger partial charge in [0.25, 0.3) is 0 Å². The second-order valence-electron chi connectivity index (χ2n) is 3.33. The van der Waals surface area contributed by atoms with Gasteiger partial charge in [0, 0.05) is 6.42 Å². The molecule has 1 rings (SSSR count). The fraction of sp³-hybridized carbons (Fsp3) is 0.273. The summed E-state index contributed by atoms with van der Waals surface area (Å²) in [6, 6.07) is 4.73. The molecule has 6 heteroatoms. The number of ether oxygens (including phenoxy) is 1. The number of halogens is 1. The molecule has 17 heavy (non-hydrogen) atoms. The lowest BCUT2D eigenvalue weighted by Gasteiger charge is -2.12. The van der Waals surface area contributed by atoms with E-state index < -0.39 is 11.9 Å². The number of hydrogen-bond acceptors (Lipinski definition) is 3. The molecule has 0 aliphatic carbocycles. The van der Waals surface area contributed by atoms with Gasteiger partial charge in [0.1, 0.15) is 17.6 Å². The van der Waals surface area contributed by atoms with Crippen LogP contribution >= 0.6 is 0 Å². The van der Waals surface area contributed by atoms with Gasteiger partial charge in [0.2, 0.25) is 12.3 Å². The topological polar surface area (TPSA) is 81.4 Å². The number of amides is 2. The Bertz CT molecular complexity index is 381. The van der Waals surface area contributed by atoms with E-state index >= 15 is 0 Å². The average Bonchev–Trinajstić information content (AvgIpc) is 2.30. The van der Waals surface area contributed by atoms with E-state index in [2.05, 4.69) is 5.32 Å². The predicted octanol–water partition coefficient (Wildman–Crippen LogP) is 0.194. The molecule has 0 aromatic heterocycles. The first kappa shape index (κ1) is 13.0. The van der Waals surface area contributed by atoms with Crippen LogP contribution < -0.4 is 15.8 Å². The van der Waals surface area contributed by atoms with E-state index in [4.69, 9.17) is 10.5 Å². The fourth-order valence-electron chi connectivity index (χ4n) is 1.22. The zero-order chi connectivity index (χ0) is 12.7. The number of carbonyl (C=O) groups is 2. The summed E-state index contributed by atoms with van der Waals surface area (Å²) in [6.45, 7) is 0.195. The maximum Gasteiger partial charge on any atom is 0.240 e. The van der Waals surface area contributed by atoms with Crippen LogP contribution in [0, 0.1) is 5.82 Å². The van der Waals surface area contributed by atoms with E-state index in [0.29, 0.717) is 12.2 Å². The summed E-state index contributed by atoms with van der Waals surface area (Å²) >= 11 is 0. The molecule has 0 saturated heterocycles. The summed E-state index contributed by atoms with van der Waals surface area (Å²) in [5.41, 5.74) is 5.06. The van der Waals surface area contributed by atoms with Gasteiger partial charge in [-0.1, -0.05) is 0 Å². The van der Waals surface area contributed by atoms with E-state index in [-0.39, 0.29) is 18.8 Å². The largest absolute Gasteiger partial charge is 0.493 e. The minimum atomic E-state index is -0.757. The molecule has 5 nitrogen and oxygen atoms in total. The number of hydrogen-bond donors (Lipinski definition) is 2. The van der Waals surface area contributed by atoms with Crippen molar-refractivity contribution in [1.29, 1.82) is 0 Å². The molecule has 0 bridgehead atoms. The highest BCUT2D eigenvalue weighted by Gasteiger charge is 2.13. The zero-order valence-electron chi connectivity index (χ0n) is 9.06. The normalized spacial score (nSPS) is 11.6. The van der Waals surface area contributed by atoms with Gasteiger partial charge in [-0.3, -0.25) is 9.59 Å². The van der Waals surface area contributed by atoms with Crippen molar-refractivity contribution in [1.82, 2.24) is 5.32 Å². The minimum absolute atomic E-state index is 0.195. The molecule has 2 amide bonds. The van der Waals surface area contributed by atoms with Crippen molar-refractivity contribution in [2.75, 3.05) is 6.61 Å². The third-order valence-electron chi connectivity index (χ3n) is 2.10. The lowest BCUT2D eigenvalue weighted by atomic mass is 10.2. The van der Waals surface area contributed by atoms with Crippen LogP contribution in [-0.4, -0.2) is 25.0 Å². The molecule has 0 spiro atoms. The van der Waals surface area contributed by atoms with Gasteiger partial charge in [-0.25, -0.2) is 4.39 Å². The summed E-state index contributed by atoms with van der Waals surface area (Å²) in [4.78, 5) is 21.1. The van der Waals surface area contributed by atoms with Crippen molar-refractivity contribution in [3.05, 3.63) is 30.1 Å². The van der Waals surface area contributed by atoms with Crippen molar-refractivity contribution < 1.29 is 18.7 Å². The maximum absolute atomic E-state index is 12.6. The monoisotopic (exact) mass is 240 g/mol. The Hall–Kier alpha value is -2.11. The van der Waals surface area contributed by atoms with E-state index in [1.54, 1.807) is 0 Å². The number of carbonyl (C=O) groups excluding carboxylic acids is 2. The molecule has 1 atom stereocenters. The smallest absolute Gasteiger partial charge is 0.240 e. The number of nitrogens with one attached hydrogen (secondary N) is 1. The molecule has 0 heterocycles. The summed E-state index contributed by atoms with van der Waals surface area (Å²) in [5.74, 6) is -0.490. The van der Waals surface area contributed by atoms with Gasteiger partial charge in [-0.2, -0.15) is 0 Å². The Kier molecular flexibility index (Phi) is 4.93. The quantitative estimate of drug-likeness (QED) is 0.668. The van der Waals surface area contributed by atoms with Crippen molar-refractivity contribution in [2.45, 2.75) is 12.5 Å². The highest BCUT2D eigenvalue weighted by atomic mass is 19.1. The second kappa shape index (κ2) is 6.47. The maximum atomic E-state index is 12.6. The van der Waals surface area contributed by atoms with Crippen LogP contribution in [0.2, 0.25) is 0 Å². The minimum Gasteiger partial charge on any atom is -0.493 e. The molecule has 92 valence electrons. The lowest BCUT2D eigenvalue weighted by Crippen LogP contribution is -2.41. The van der Waals surface area contributed by atoms with Gasteiger partial charge < -0.3 is 15.8 Å². The van der Waals surface area contributed by atoms with Crippen LogP contribution in [0.3, 0.4) is 0 Å². The third kappa shape index (κ3) is 4.50. The van der Waals surface area contributed by atoms with Crippen LogP contribution in [-0.2, 0) is 9.59 Å². The number of rotatable bonds is 7. The van der Waals surface area contributed by atoms with Crippen molar-refractivity contribution in [2.24, 2.45) is 5.73 Å². The van der Waals surface area contributed by atoms with Crippen LogP contribution in [0.4, 0.5) is 4.39 Å². The zero-order valence-corrected chi connectivity index (χ0v) is 9.06. The highest BCUT2D eigenvalue weighted by Crippen LogP contribution is 2.11. The van der Waals surface area contributed by atoms with E-state index in [1.165, 1.54) is 24.3 Å². The van der Waals surface area contributed by atoms with Crippen LogP contribution in [0.25, 0.3) is 0 Å². The summed E-state index contributed by atoms with van der Waals surface area (Å²) in [6.07, 6.45) is 0.665. The van der Waals surface area contributed by atoms with E-state index in [0.717, 1.165) is 0 Å². The Morgan fingerprint density at radius 1 is 1.47 bits per heavy atom. The van der Waals surface area contributed by atoms with Gasteiger partial charge in [-0.05, 0) is 24.3 Å². The molecule has 1 unspecified atom stereocenters. The third-order valence-corrected chi connectivity index (χ3v) is 2.10. The summed E-state index contributed by atoms with van der Waals surface area (Å²) < 4.78 is 17.8. The van der Waals surface area contributed by atoms with Crippen LogP contribution in [0.15, 0.2) is 24.3 Å². The Morgan fingerprint density at radius 2 is 2.12 bits per heavy atom. The molecular weight excluding hydrogens is 227 g/mol. The molecule has 0 fully saturated rings. The first-order valence-electron chi connectivity index (χ1n) is 5.01. The van der Waals surface area contributed by atoms with Crippen molar-refractivity contribution in [3.8, 4) is 5.75 Å². The number of primary amides is 1. The highest BCUT2D eigenvalue weighted by molar-refractivity contribution is 5.81. The molecule has 0 radical (unpaired) electrons. The first-order chi connectivity index (χ1) is 8.13. The van der Waals surface area contributed by atoms with Gasteiger partial charge >= 0.3 is 0 Å². The number of benzene rings is 1. The predicted molar refractivity (Wildman–Crippen MR) is 58.7 cm³/mol. The van der Waals surface area contributed by atoms with Gasteiger partial charge in [0.15, 0.2) is 0 Å². The molecule has 3 N–H and O–H groups in total. The van der Waals surface area contributed by atoms with E-state index in [1.807, 2.05) is 0 Å². The molecule has 1 aromatic carbocycles. The molecule has 0 aliphatic heterocycles. The Labute approximate surface area is 97.7 Å². The molecule has 0 saturated carbocycles. The summed E-state index contributed by atoms with van der Waals surface area (Å²) in [7, 11) is 0. The first-order valence-corrected chi connectivity index (χ1v) is 5.01. The van der Waals surface area contributed by atoms with Crippen molar-refractivity contribution in [3.63, 3.8) is 0 Å². The average molecular weight is 240 g/mol. The van der Waals surface area contributed by atoms with E-state index in [9.17, 15) is 14.0 Å². The van der Waals surface area contributed by atoms with Crippen LogP contribution in [0.1, 0.15) is 6.42 Å². The Morgan fingerprint density at radius 3 is 2.65 bits per heavy atom. The van der Waals surface area contributed by atoms with Crippen molar-refractivity contribution >= 4 is 12.3 Å². The molecular formula is C11H13FN2O3. The molecule has 1 aromatic rings. The van der Waals surface area contributed by atoms with Gasteiger partial charge in [-0.15, -0.1) is 0 Å². The number of nitrogens with two attached hydrogens (primary N) is 1.